The summed E-state index contributed by atoms with van der Waals surface area (Å²) in [6.45, 7) is 6.49. The monoisotopic (exact) mass is 303 g/mol. The van der Waals surface area contributed by atoms with Crippen LogP contribution in [0.5, 0.6) is 0 Å². The number of anilines is 1. The maximum absolute atomic E-state index is 5.82. The maximum Gasteiger partial charge on any atom is 0.141 e. The van der Waals surface area contributed by atoms with E-state index in [1.165, 1.54) is 0 Å². The molecule has 0 aliphatic rings. The van der Waals surface area contributed by atoms with E-state index in [0.29, 0.717) is 11.7 Å². The Morgan fingerprint density at radius 3 is 2.62 bits per heavy atom. The van der Waals surface area contributed by atoms with Crippen molar-refractivity contribution < 1.29 is 0 Å². The molecular weight excluding hydrogens is 286 g/mol. The Kier molecular flexibility index (Phi) is 5.55. The van der Waals surface area contributed by atoms with Gasteiger partial charge in [0.2, 0.25) is 0 Å². The molecule has 0 saturated heterocycles. The second kappa shape index (κ2) is 6.45. The van der Waals surface area contributed by atoms with E-state index in [4.69, 9.17) is 5.73 Å². The molecule has 5 heteroatoms. The molecule has 1 aromatic heterocycles. The summed E-state index contributed by atoms with van der Waals surface area (Å²) in [5.74, 6) is 4.04. The van der Waals surface area contributed by atoms with Crippen LogP contribution < -0.4 is 5.73 Å². The number of aryl methyl sites for hydroxylation is 1. The molecule has 90 valence electrons. The van der Waals surface area contributed by atoms with Gasteiger partial charge in [-0.2, -0.15) is 11.8 Å². The van der Waals surface area contributed by atoms with Crippen LogP contribution in [0, 0.1) is 5.92 Å². The summed E-state index contributed by atoms with van der Waals surface area (Å²) in [5.41, 5.74) is 6.81. The van der Waals surface area contributed by atoms with Crippen molar-refractivity contribution in [2.75, 3.05) is 11.5 Å². The van der Waals surface area contributed by atoms with Gasteiger partial charge in [0.25, 0.3) is 0 Å². The number of nitrogens with zero attached hydrogens (tertiary/aromatic N) is 2. The summed E-state index contributed by atoms with van der Waals surface area (Å²) < 4.78 is 0.840. The maximum atomic E-state index is 5.82. The SMILES string of the molecule is CCc1nc(CSCC(C)C)nc(N)c1Br. The molecule has 0 fully saturated rings. The van der Waals surface area contributed by atoms with Crippen LogP contribution in [0.1, 0.15) is 32.3 Å². The van der Waals surface area contributed by atoms with Crippen molar-refractivity contribution >= 4 is 33.5 Å². The second-order valence-corrected chi connectivity index (χ2v) is 5.87. The summed E-state index contributed by atoms with van der Waals surface area (Å²) in [5, 5.41) is 0. The number of hydrogen-bond acceptors (Lipinski definition) is 4. The van der Waals surface area contributed by atoms with Crippen LogP contribution in [0.2, 0.25) is 0 Å². The van der Waals surface area contributed by atoms with Crippen molar-refractivity contribution in [3.8, 4) is 0 Å². The van der Waals surface area contributed by atoms with Crippen LogP contribution >= 0.6 is 27.7 Å². The first-order chi connectivity index (χ1) is 7.54. The minimum Gasteiger partial charge on any atom is -0.383 e. The van der Waals surface area contributed by atoms with E-state index in [2.05, 4.69) is 46.7 Å². The number of thioether (sulfide) groups is 1. The number of nitrogens with two attached hydrogens (primary N) is 1. The molecule has 0 aromatic carbocycles. The Hall–Kier alpha value is -0.290. The number of rotatable bonds is 5. The van der Waals surface area contributed by atoms with Crippen LogP contribution in [0.15, 0.2) is 4.47 Å². The van der Waals surface area contributed by atoms with Crippen LogP contribution in [0.25, 0.3) is 0 Å². The molecule has 1 aromatic rings. The minimum absolute atomic E-state index is 0.548. The molecule has 0 aliphatic carbocycles. The van der Waals surface area contributed by atoms with Crippen LogP contribution in [0.4, 0.5) is 5.82 Å². The standard InChI is InChI=1S/C11H18BrN3S/c1-4-8-10(12)11(13)15-9(14-8)6-16-5-7(2)3/h7H,4-6H2,1-3H3,(H2,13,14,15). The molecule has 16 heavy (non-hydrogen) atoms. The van der Waals surface area contributed by atoms with Crippen molar-refractivity contribution in [1.29, 1.82) is 0 Å². The summed E-state index contributed by atoms with van der Waals surface area (Å²) >= 11 is 5.26. The predicted octanol–water partition coefficient (Wildman–Crippen LogP) is 3.27. The van der Waals surface area contributed by atoms with Gasteiger partial charge in [-0.05, 0) is 34.0 Å². The fraction of sp³-hybridized carbons (Fsp3) is 0.636. The molecule has 0 unspecified atom stereocenters. The van der Waals surface area contributed by atoms with E-state index in [-0.39, 0.29) is 0 Å². The van der Waals surface area contributed by atoms with Gasteiger partial charge < -0.3 is 5.73 Å². The highest BCUT2D eigenvalue weighted by Crippen LogP contribution is 2.23. The van der Waals surface area contributed by atoms with E-state index < -0.39 is 0 Å². The summed E-state index contributed by atoms with van der Waals surface area (Å²) in [6.07, 6.45) is 0.870. The number of aromatic nitrogens is 2. The van der Waals surface area contributed by atoms with E-state index in [0.717, 1.165) is 33.9 Å². The molecule has 0 aliphatic heterocycles. The first kappa shape index (κ1) is 13.8. The van der Waals surface area contributed by atoms with E-state index in [9.17, 15) is 0 Å². The average molecular weight is 304 g/mol. The van der Waals surface area contributed by atoms with Crippen molar-refractivity contribution in [2.24, 2.45) is 5.92 Å². The predicted molar refractivity (Wildman–Crippen MR) is 74.5 cm³/mol. The summed E-state index contributed by atoms with van der Waals surface area (Å²) in [4.78, 5) is 8.77. The van der Waals surface area contributed by atoms with Gasteiger partial charge in [0.1, 0.15) is 11.6 Å². The molecule has 0 bridgehead atoms. The third-order valence-corrected chi connectivity index (χ3v) is 4.24. The lowest BCUT2D eigenvalue weighted by Crippen LogP contribution is -2.04. The third-order valence-electron chi connectivity index (χ3n) is 2.01. The molecule has 0 radical (unpaired) electrons. The molecule has 1 heterocycles. The summed E-state index contributed by atoms with van der Waals surface area (Å²) in [6, 6.07) is 0. The lowest BCUT2D eigenvalue weighted by Gasteiger charge is -2.08. The fourth-order valence-corrected chi connectivity index (χ4v) is 2.61. The van der Waals surface area contributed by atoms with Gasteiger partial charge >= 0.3 is 0 Å². The third kappa shape index (κ3) is 3.94. The van der Waals surface area contributed by atoms with Crippen molar-refractivity contribution in [3.63, 3.8) is 0 Å². The Balaban J connectivity index is 2.70. The molecule has 0 saturated carbocycles. The number of halogens is 1. The quantitative estimate of drug-likeness (QED) is 0.907. The van der Waals surface area contributed by atoms with Crippen LogP contribution in [-0.4, -0.2) is 15.7 Å². The normalized spacial score (nSPS) is 11.1. The van der Waals surface area contributed by atoms with Gasteiger partial charge in [-0.25, -0.2) is 9.97 Å². The molecule has 0 atom stereocenters. The molecule has 1 rings (SSSR count). The van der Waals surface area contributed by atoms with Crippen molar-refractivity contribution in [2.45, 2.75) is 32.9 Å². The molecule has 3 nitrogen and oxygen atoms in total. The first-order valence-electron chi connectivity index (χ1n) is 5.43. The Morgan fingerprint density at radius 1 is 1.38 bits per heavy atom. The van der Waals surface area contributed by atoms with Crippen molar-refractivity contribution in [1.82, 2.24) is 9.97 Å². The highest BCUT2D eigenvalue weighted by molar-refractivity contribution is 9.10. The molecule has 0 amide bonds. The topological polar surface area (TPSA) is 51.8 Å². The largest absolute Gasteiger partial charge is 0.383 e. The molecule has 0 spiro atoms. The van der Waals surface area contributed by atoms with Gasteiger partial charge in [0, 0.05) is 0 Å². The van der Waals surface area contributed by atoms with E-state index >= 15 is 0 Å². The van der Waals surface area contributed by atoms with Gasteiger partial charge in [0.05, 0.1) is 15.9 Å². The van der Waals surface area contributed by atoms with Gasteiger partial charge in [-0.1, -0.05) is 20.8 Å². The zero-order valence-electron chi connectivity index (χ0n) is 9.96. The van der Waals surface area contributed by atoms with Crippen LogP contribution in [-0.2, 0) is 12.2 Å². The zero-order chi connectivity index (χ0) is 12.1. The van der Waals surface area contributed by atoms with Gasteiger partial charge in [0.15, 0.2) is 0 Å². The lowest BCUT2D eigenvalue weighted by atomic mass is 10.3. The molecule has 2 N–H and O–H groups in total. The van der Waals surface area contributed by atoms with Crippen molar-refractivity contribution in [3.05, 3.63) is 16.0 Å². The zero-order valence-corrected chi connectivity index (χ0v) is 12.4. The minimum atomic E-state index is 0.548. The number of nitrogen functional groups attached to an aromatic ring is 1. The Bertz CT molecular complexity index is 355. The first-order valence-corrected chi connectivity index (χ1v) is 7.37. The number of hydrogen-bond donors (Lipinski definition) is 1. The Morgan fingerprint density at radius 2 is 2.06 bits per heavy atom. The summed E-state index contributed by atoms with van der Waals surface area (Å²) in [7, 11) is 0. The van der Waals surface area contributed by atoms with E-state index in [1.807, 2.05) is 11.8 Å². The van der Waals surface area contributed by atoms with Gasteiger partial charge in [-0.15, -0.1) is 0 Å². The molecular formula is C11H18BrN3S. The Labute approximate surface area is 110 Å². The lowest BCUT2D eigenvalue weighted by molar-refractivity contribution is 0.749. The highest BCUT2D eigenvalue weighted by atomic mass is 79.9. The highest BCUT2D eigenvalue weighted by Gasteiger charge is 2.08. The second-order valence-electron chi connectivity index (χ2n) is 4.05. The fourth-order valence-electron chi connectivity index (χ4n) is 1.25. The van der Waals surface area contributed by atoms with E-state index in [1.54, 1.807) is 0 Å². The van der Waals surface area contributed by atoms with Crippen LogP contribution in [0.3, 0.4) is 0 Å². The smallest absolute Gasteiger partial charge is 0.141 e. The average Bonchev–Trinajstić information content (AvgIpc) is 2.22. The van der Waals surface area contributed by atoms with Gasteiger partial charge in [-0.3, -0.25) is 0 Å².